The normalized spacial score (nSPS) is 15.8. The van der Waals surface area contributed by atoms with Gasteiger partial charge in [-0.3, -0.25) is 4.90 Å². The van der Waals surface area contributed by atoms with E-state index in [0.717, 1.165) is 81.3 Å². The second-order valence-corrected chi connectivity index (χ2v) is 9.19. The van der Waals surface area contributed by atoms with Crippen LogP contribution in [0.2, 0.25) is 0 Å². The molecular formula is C30H29N3O3. The van der Waals surface area contributed by atoms with Gasteiger partial charge in [-0.25, -0.2) is 4.98 Å². The number of fused-ring (bicyclic) bond motifs is 5. The minimum atomic E-state index is 0.562. The van der Waals surface area contributed by atoms with E-state index in [1.807, 2.05) is 36.4 Å². The Morgan fingerprint density at radius 1 is 0.833 bits per heavy atom. The fraction of sp³-hybridized carbons (Fsp3) is 0.267. The summed E-state index contributed by atoms with van der Waals surface area (Å²) in [6, 6.07) is 22.4. The average molecular weight is 480 g/mol. The summed E-state index contributed by atoms with van der Waals surface area (Å²) in [5, 5.41) is 5.80. The van der Waals surface area contributed by atoms with Gasteiger partial charge in [0, 0.05) is 34.2 Å². The van der Waals surface area contributed by atoms with Crippen molar-refractivity contribution in [3.63, 3.8) is 0 Å². The first-order valence-electron chi connectivity index (χ1n) is 12.5. The Kier molecular flexibility index (Phi) is 6.03. The molecule has 1 aromatic heterocycles. The van der Waals surface area contributed by atoms with E-state index in [1.54, 1.807) is 14.2 Å². The van der Waals surface area contributed by atoms with Crippen molar-refractivity contribution in [3.05, 3.63) is 77.9 Å². The van der Waals surface area contributed by atoms with Gasteiger partial charge < -0.3 is 14.3 Å². The van der Waals surface area contributed by atoms with Crippen molar-refractivity contribution in [1.29, 1.82) is 0 Å². The van der Waals surface area contributed by atoms with E-state index in [9.17, 15) is 0 Å². The zero-order chi connectivity index (χ0) is 24.5. The van der Waals surface area contributed by atoms with Crippen LogP contribution in [0.4, 0.5) is 0 Å². The van der Waals surface area contributed by atoms with Crippen molar-refractivity contribution in [2.75, 3.05) is 40.5 Å². The topological polar surface area (TPSA) is 56.2 Å². The van der Waals surface area contributed by atoms with Gasteiger partial charge in [0.05, 0.1) is 25.4 Å². The zero-order valence-corrected chi connectivity index (χ0v) is 20.7. The molecule has 0 spiro atoms. The van der Waals surface area contributed by atoms with Crippen molar-refractivity contribution >= 4 is 16.6 Å². The molecule has 0 N–H and O–H groups in total. The second kappa shape index (κ2) is 9.63. The van der Waals surface area contributed by atoms with Gasteiger partial charge in [-0.2, -0.15) is 0 Å². The highest BCUT2D eigenvalue weighted by Gasteiger charge is 2.32. The molecule has 0 saturated carbocycles. The first-order chi connectivity index (χ1) is 17.8. The molecular weight excluding hydrogens is 450 g/mol. The number of likely N-dealkylation sites (tertiary alicyclic amines) is 1. The molecule has 6 rings (SSSR count). The Hall–Kier alpha value is -3.90. The fourth-order valence-corrected chi connectivity index (χ4v) is 5.26. The van der Waals surface area contributed by atoms with Gasteiger partial charge in [-0.15, -0.1) is 0 Å². The number of nitrogens with zero attached hydrogens (tertiary/aromatic N) is 3. The molecule has 0 amide bonds. The minimum absolute atomic E-state index is 0.562. The Labute approximate surface area is 211 Å². The molecule has 3 aromatic carbocycles. The van der Waals surface area contributed by atoms with Gasteiger partial charge in [-0.1, -0.05) is 23.4 Å². The third-order valence-corrected chi connectivity index (χ3v) is 7.10. The maximum Gasteiger partial charge on any atom is 0.129 e. The molecule has 6 nitrogen and oxygen atoms in total. The van der Waals surface area contributed by atoms with Gasteiger partial charge in [0.2, 0.25) is 0 Å². The number of rotatable bonds is 7. The Bertz CT molecular complexity index is 1440. The first-order valence-corrected chi connectivity index (χ1v) is 12.5. The third-order valence-electron chi connectivity index (χ3n) is 7.10. The summed E-state index contributed by atoms with van der Waals surface area (Å²) in [6.07, 6.45) is 2.53. The number of hydrogen-bond donors (Lipinski definition) is 0. The maximum atomic E-state index is 5.96. The van der Waals surface area contributed by atoms with Crippen LogP contribution in [0, 0.1) is 0 Å². The zero-order valence-electron chi connectivity index (χ0n) is 20.7. The second-order valence-electron chi connectivity index (χ2n) is 9.19. The molecule has 1 aliphatic carbocycles. The van der Waals surface area contributed by atoms with E-state index >= 15 is 0 Å². The molecule has 1 fully saturated rings. The van der Waals surface area contributed by atoms with Crippen LogP contribution in [0.5, 0.6) is 11.5 Å². The summed E-state index contributed by atoms with van der Waals surface area (Å²) in [6.45, 7) is 3.74. The lowest BCUT2D eigenvalue weighted by Crippen LogP contribution is -2.23. The number of hydrogen-bond acceptors (Lipinski definition) is 6. The van der Waals surface area contributed by atoms with Gasteiger partial charge in [0.15, 0.2) is 0 Å². The van der Waals surface area contributed by atoms with E-state index in [2.05, 4.69) is 35.2 Å². The average Bonchev–Trinajstić information content (AvgIpc) is 3.57. The fourth-order valence-electron chi connectivity index (χ4n) is 5.26. The van der Waals surface area contributed by atoms with Crippen LogP contribution in [0.1, 0.15) is 24.0 Å². The molecule has 6 heteroatoms. The highest BCUT2D eigenvalue weighted by atomic mass is 16.6. The standard InChI is InChI=1S/C30H29N3O3/c1-34-21-11-9-20(10-12-21)29-27-23-14-13-22(35-2)19-25(23)30(32-36-18-17-33-15-5-6-16-33)28(27)24-7-3-4-8-26(24)31-29/h3-4,7-14,19H,5-6,15-18H2,1-2H3/b32-30+. The van der Waals surface area contributed by atoms with E-state index < -0.39 is 0 Å². The largest absolute Gasteiger partial charge is 0.497 e. The number of ether oxygens (including phenoxy) is 2. The molecule has 1 aliphatic heterocycles. The highest BCUT2D eigenvalue weighted by Crippen LogP contribution is 2.46. The van der Waals surface area contributed by atoms with Crippen molar-refractivity contribution in [3.8, 4) is 33.9 Å². The number of para-hydroxylation sites is 1. The first kappa shape index (κ1) is 22.6. The van der Waals surface area contributed by atoms with Crippen LogP contribution in [0.25, 0.3) is 33.3 Å². The highest BCUT2D eigenvalue weighted by molar-refractivity contribution is 6.31. The number of pyridine rings is 1. The van der Waals surface area contributed by atoms with Crippen molar-refractivity contribution in [2.45, 2.75) is 12.8 Å². The predicted octanol–water partition coefficient (Wildman–Crippen LogP) is 5.76. The summed E-state index contributed by atoms with van der Waals surface area (Å²) < 4.78 is 11.0. The Morgan fingerprint density at radius 3 is 2.36 bits per heavy atom. The minimum Gasteiger partial charge on any atom is -0.497 e. The lowest BCUT2D eigenvalue weighted by atomic mass is 9.96. The van der Waals surface area contributed by atoms with Gasteiger partial charge in [0.25, 0.3) is 0 Å². The monoisotopic (exact) mass is 479 g/mol. The molecule has 0 unspecified atom stereocenters. The lowest BCUT2D eigenvalue weighted by molar-refractivity contribution is 0.119. The van der Waals surface area contributed by atoms with Gasteiger partial charge >= 0.3 is 0 Å². The molecule has 2 heterocycles. The van der Waals surface area contributed by atoms with Crippen molar-refractivity contribution in [1.82, 2.24) is 9.88 Å². The summed E-state index contributed by atoms with van der Waals surface area (Å²) >= 11 is 0. The Morgan fingerprint density at radius 2 is 1.58 bits per heavy atom. The molecule has 1 saturated heterocycles. The predicted molar refractivity (Wildman–Crippen MR) is 143 cm³/mol. The molecule has 0 bridgehead atoms. The van der Waals surface area contributed by atoms with Crippen LogP contribution in [-0.2, 0) is 4.84 Å². The smallest absolute Gasteiger partial charge is 0.129 e. The molecule has 36 heavy (non-hydrogen) atoms. The van der Waals surface area contributed by atoms with Crippen LogP contribution >= 0.6 is 0 Å². The molecule has 182 valence electrons. The van der Waals surface area contributed by atoms with E-state index in [1.165, 1.54) is 12.8 Å². The van der Waals surface area contributed by atoms with Crippen LogP contribution < -0.4 is 9.47 Å². The summed E-state index contributed by atoms with van der Waals surface area (Å²) in [5.41, 5.74) is 7.89. The molecule has 2 aliphatic rings. The number of aromatic nitrogens is 1. The van der Waals surface area contributed by atoms with E-state index in [4.69, 9.17) is 24.5 Å². The Balaban J connectivity index is 1.52. The van der Waals surface area contributed by atoms with Crippen LogP contribution in [0.3, 0.4) is 0 Å². The van der Waals surface area contributed by atoms with E-state index in [0.29, 0.717) is 6.61 Å². The van der Waals surface area contributed by atoms with Crippen molar-refractivity contribution in [2.24, 2.45) is 5.16 Å². The van der Waals surface area contributed by atoms with Gasteiger partial charge in [-0.05, 0) is 80.0 Å². The quantitative estimate of drug-likeness (QED) is 0.219. The van der Waals surface area contributed by atoms with Gasteiger partial charge in [0.1, 0.15) is 23.8 Å². The van der Waals surface area contributed by atoms with E-state index in [-0.39, 0.29) is 0 Å². The molecule has 4 aromatic rings. The molecule has 0 radical (unpaired) electrons. The molecule has 0 atom stereocenters. The van der Waals surface area contributed by atoms with Crippen LogP contribution in [0.15, 0.2) is 71.9 Å². The number of methoxy groups -OCH3 is 2. The SMILES string of the molecule is COc1ccc(-c2nc3ccccc3c3c2-c2ccc(OC)cc2/C3=N\OCCN2CCCC2)cc1. The summed E-state index contributed by atoms with van der Waals surface area (Å²) in [7, 11) is 3.37. The maximum absolute atomic E-state index is 5.96. The third kappa shape index (κ3) is 3.97. The summed E-state index contributed by atoms with van der Waals surface area (Å²) in [5.74, 6) is 1.60. The van der Waals surface area contributed by atoms with Crippen LogP contribution in [-0.4, -0.2) is 56.1 Å². The lowest BCUT2D eigenvalue weighted by Gasteiger charge is -2.14. The number of oxime groups is 1. The number of benzene rings is 3. The summed E-state index contributed by atoms with van der Waals surface area (Å²) in [4.78, 5) is 13.5. The van der Waals surface area contributed by atoms with Crippen molar-refractivity contribution < 1.29 is 14.3 Å².